The molecule has 0 aromatic heterocycles. The number of nitrogens with zero attached hydrogens (tertiary/aromatic N) is 1. The van der Waals surface area contributed by atoms with Crippen molar-refractivity contribution in [1.82, 2.24) is 10.2 Å². The Morgan fingerprint density at radius 2 is 1.68 bits per heavy atom. The summed E-state index contributed by atoms with van der Waals surface area (Å²) in [6, 6.07) is 13.0. The Balaban J connectivity index is 2.15. The van der Waals surface area contributed by atoms with Crippen LogP contribution in [0.2, 0.25) is 0 Å². The molecular weight excluding hydrogens is 395 g/mol. The number of nitrogens with one attached hydrogen (secondary N) is 1. The van der Waals surface area contributed by atoms with Crippen molar-refractivity contribution in [2.45, 2.75) is 59.0 Å². The highest BCUT2D eigenvalue weighted by molar-refractivity contribution is 5.88. The Labute approximate surface area is 184 Å². The van der Waals surface area contributed by atoms with Crippen LogP contribution in [0.5, 0.6) is 5.75 Å². The summed E-state index contributed by atoms with van der Waals surface area (Å²) in [6.07, 6.45) is 1.27. The highest BCUT2D eigenvalue weighted by Crippen LogP contribution is 2.19. The van der Waals surface area contributed by atoms with Gasteiger partial charge in [-0.3, -0.25) is 9.59 Å². The zero-order valence-corrected chi connectivity index (χ0v) is 18.9. The van der Waals surface area contributed by atoms with Gasteiger partial charge in [0.1, 0.15) is 17.6 Å². The van der Waals surface area contributed by atoms with Crippen LogP contribution in [0.1, 0.15) is 57.6 Å². The van der Waals surface area contributed by atoms with E-state index in [-0.39, 0.29) is 30.8 Å². The molecule has 1 atom stereocenters. The lowest BCUT2D eigenvalue weighted by Gasteiger charge is -2.30. The average molecular weight is 429 g/mol. The monoisotopic (exact) mass is 428 g/mol. The summed E-state index contributed by atoms with van der Waals surface area (Å²) >= 11 is 0. The largest absolute Gasteiger partial charge is 0.484 e. The molecule has 2 aromatic rings. The number of halogens is 1. The predicted octanol–water partition coefficient (Wildman–Crippen LogP) is 4.66. The third kappa shape index (κ3) is 7.39. The Hall–Kier alpha value is -2.89. The molecule has 0 aliphatic rings. The predicted molar refractivity (Wildman–Crippen MR) is 120 cm³/mol. The van der Waals surface area contributed by atoms with Crippen molar-refractivity contribution in [2.24, 2.45) is 0 Å². The van der Waals surface area contributed by atoms with Crippen LogP contribution in [-0.2, 0) is 16.1 Å². The fourth-order valence-corrected chi connectivity index (χ4v) is 3.25. The average Bonchev–Trinajstić information content (AvgIpc) is 2.77. The molecule has 2 rings (SSSR count). The van der Waals surface area contributed by atoms with Crippen molar-refractivity contribution in [1.29, 1.82) is 0 Å². The first kappa shape index (κ1) is 24.4. The molecule has 0 aliphatic carbocycles. The number of carbonyl (C=O) groups is 2. The summed E-state index contributed by atoms with van der Waals surface area (Å²) in [6.45, 7) is 8.63. The highest BCUT2D eigenvalue weighted by Gasteiger charge is 2.28. The van der Waals surface area contributed by atoms with E-state index in [4.69, 9.17) is 4.74 Å². The smallest absolute Gasteiger partial charge is 0.261 e. The fraction of sp³-hybridized carbons (Fsp3) is 0.440. The molecule has 0 radical (unpaired) electrons. The van der Waals surface area contributed by atoms with Crippen LogP contribution in [0.4, 0.5) is 4.39 Å². The van der Waals surface area contributed by atoms with Gasteiger partial charge in [-0.05, 0) is 54.2 Å². The second-order valence-electron chi connectivity index (χ2n) is 7.88. The molecule has 31 heavy (non-hydrogen) atoms. The number of hydrogen-bond donors (Lipinski definition) is 1. The summed E-state index contributed by atoms with van der Waals surface area (Å²) in [5.74, 6) is 0.177. The molecule has 0 bridgehead atoms. The van der Waals surface area contributed by atoms with Gasteiger partial charge in [0.25, 0.3) is 5.91 Å². The zero-order chi connectivity index (χ0) is 22.8. The zero-order valence-electron chi connectivity index (χ0n) is 18.9. The van der Waals surface area contributed by atoms with Crippen LogP contribution < -0.4 is 10.1 Å². The van der Waals surface area contributed by atoms with E-state index < -0.39 is 6.04 Å². The molecule has 2 amide bonds. The lowest BCUT2D eigenvalue weighted by atomic mass is 10.0. The van der Waals surface area contributed by atoms with Crippen LogP contribution >= 0.6 is 0 Å². The molecule has 0 fully saturated rings. The summed E-state index contributed by atoms with van der Waals surface area (Å²) in [5.41, 5.74) is 1.94. The molecule has 0 spiro atoms. The second-order valence-corrected chi connectivity index (χ2v) is 7.88. The number of hydrogen-bond acceptors (Lipinski definition) is 3. The first-order chi connectivity index (χ1) is 14.8. The Bertz CT molecular complexity index is 835. The van der Waals surface area contributed by atoms with Crippen molar-refractivity contribution in [3.8, 4) is 5.75 Å². The molecule has 1 N–H and O–H groups in total. The number of amides is 2. The minimum atomic E-state index is -0.629. The maximum Gasteiger partial charge on any atom is 0.261 e. The Morgan fingerprint density at radius 3 is 2.23 bits per heavy atom. The maximum absolute atomic E-state index is 13.3. The van der Waals surface area contributed by atoms with E-state index in [1.807, 2.05) is 38.1 Å². The van der Waals surface area contributed by atoms with E-state index >= 15 is 0 Å². The van der Waals surface area contributed by atoms with Crippen molar-refractivity contribution < 1.29 is 18.7 Å². The molecular formula is C25H33FN2O3. The lowest BCUT2D eigenvalue weighted by molar-refractivity contribution is -0.143. The first-order valence-electron chi connectivity index (χ1n) is 10.9. The van der Waals surface area contributed by atoms with E-state index in [1.165, 1.54) is 22.6 Å². The third-order valence-electron chi connectivity index (χ3n) is 5.11. The maximum atomic E-state index is 13.3. The van der Waals surface area contributed by atoms with E-state index in [9.17, 15) is 14.0 Å². The van der Waals surface area contributed by atoms with Gasteiger partial charge >= 0.3 is 0 Å². The first-order valence-corrected chi connectivity index (χ1v) is 10.9. The molecule has 6 heteroatoms. The minimum absolute atomic E-state index is 0.181. The van der Waals surface area contributed by atoms with Gasteiger partial charge in [-0.2, -0.15) is 0 Å². The third-order valence-corrected chi connectivity index (χ3v) is 5.11. The summed E-state index contributed by atoms with van der Waals surface area (Å²) in [7, 11) is 0. The van der Waals surface area contributed by atoms with Gasteiger partial charge in [0.05, 0.1) is 0 Å². The quantitative estimate of drug-likeness (QED) is 0.566. The van der Waals surface area contributed by atoms with Gasteiger partial charge < -0.3 is 15.0 Å². The van der Waals surface area contributed by atoms with Crippen molar-refractivity contribution in [3.63, 3.8) is 0 Å². The Morgan fingerprint density at radius 1 is 1.03 bits per heavy atom. The van der Waals surface area contributed by atoms with Gasteiger partial charge in [-0.1, -0.05) is 52.0 Å². The SMILES string of the molecule is CCCNC(=O)[C@@H](CC)N(Cc1ccc(F)cc1)C(=O)COc1ccc(C(C)C)cc1. The summed E-state index contributed by atoms with van der Waals surface area (Å²) in [5, 5.41) is 2.87. The van der Waals surface area contributed by atoms with Crippen LogP contribution in [0, 0.1) is 5.82 Å². The number of rotatable bonds is 11. The molecule has 0 saturated heterocycles. The fourth-order valence-electron chi connectivity index (χ4n) is 3.25. The summed E-state index contributed by atoms with van der Waals surface area (Å²) in [4.78, 5) is 27.3. The topological polar surface area (TPSA) is 58.6 Å². The molecule has 2 aromatic carbocycles. The van der Waals surface area contributed by atoms with Crippen LogP contribution in [0.25, 0.3) is 0 Å². The minimum Gasteiger partial charge on any atom is -0.484 e. The van der Waals surface area contributed by atoms with Gasteiger partial charge in [-0.25, -0.2) is 4.39 Å². The van der Waals surface area contributed by atoms with Crippen LogP contribution in [0.15, 0.2) is 48.5 Å². The van der Waals surface area contributed by atoms with Crippen molar-refractivity contribution in [2.75, 3.05) is 13.2 Å². The molecule has 0 heterocycles. The highest BCUT2D eigenvalue weighted by atomic mass is 19.1. The van der Waals surface area contributed by atoms with Gasteiger partial charge in [-0.15, -0.1) is 0 Å². The van der Waals surface area contributed by atoms with Crippen LogP contribution in [-0.4, -0.2) is 35.9 Å². The molecule has 0 saturated carbocycles. The van der Waals surface area contributed by atoms with Crippen molar-refractivity contribution in [3.05, 3.63) is 65.5 Å². The molecule has 0 unspecified atom stereocenters. The standard InChI is InChI=1S/C25H33FN2O3/c1-5-15-27-25(30)23(6-2)28(16-19-7-11-21(26)12-8-19)24(29)17-31-22-13-9-20(10-14-22)18(3)4/h7-14,18,23H,5-6,15-17H2,1-4H3,(H,27,30)/t23-/m1/s1. The molecule has 0 aliphatic heterocycles. The molecule has 168 valence electrons. The second kappa shape index (κ2) is 12.1. The van der Waals surface area contributed by atoms with Gasteiger partial charge in [0, 0.05) is 13.1 Å². The number of ether oxygens (including phenoxy) is 1. The number of carbonyl (C=O) groups excluding carboxylic acids is 2. The van der Waals surface area contributed by atoms with E-state index in [0.29, 0.717) is 24.6 Å². The van der Waals surface area contributed by atoms with Crippen LogP contribution in [0.3, 0.4) is 0 Å². The van der Waals surface area contributed by atoms with Gasteiger partial charge in [0.15, 0.2) is 6.61 Å². The van der Waals surface area contributed by atoms with E-state index in [0.717, 1.165) is 12.0 Å². The molecule has 5 nitrogen and oxygen atoms in total. The summed E-state index contributed by atoms with van der Waals surface area (Å²) < 4.78 is 19.0. The lowest BCUT2D eigenvalue weighted by Crippen LogP contribution is -2.50. The number of benzene rings is 2. The normalized spacial score (nSPS) is 11.8. The van der Waals surface area contributed by atoms with E-state index in [1.54, 1.807) is 12.1 Å². The Kier molecular flexibility index (Phi) is 9.50. The van der Waals surface area contributed by atoms with E-state index in [2.05, 4.69) is 19.2 Å². The van der Waals surface area contributed by atoms with Gasteiger partial charge in [0.2, 0.25) is 5.91 Å². The van der Waals surface area contributed by atoms with Crippen molar-refractivity contribution >= 4 is 11.8 Å².